The number of benzene rings is 3. The molecule has 3 rings (SSSR count). The van der Waals surface area contributed by atoms with Crippen LogP contribution in [0.3, 0.4) is 0 Å². The normalized spacial score (nSPS) is 12.7. The van der Waals surface area contributed by atoms with E-state index < -0.39 is 22.1 Å². The van der Waals surface area contributed by atoms with Crippen molar-refractivity contribution in [3.63, 3.8) is 0 Å². The molecule has 6 nitrogen and oxygen atoms in total. The van der Waals surface area contributed by atoms with E-state index in [1.165, 1.54) is 7.11 Å². The molecule has 0 fully saturated rings. The van der Waals surface area contributed by atoms with Crippen LogP contribution in [0.15, 0.2) is 71.1 Å². The molecule has 0 N–H and O–H groups in total. The third-order valence-electron chi connectivity index (χ3n) is 5.21. The van der Waals surface area contributed by atoms with Gasteiger partial charge in [-0.25, -0.2) is 4.79 Å². The Balaban J connectivity index is 2.10. The van der Waals surface area contributed by atoms with Gasteiger partial charge < -0.3 is 18.8 Å². The number of esters is 1. The first-order valence-corrected chi connectivity index (χ1v) is 12.4. The van der Waals surface area contributed by atoms with Crippen LogP contribution >= 0.6 is 0 Å². The van der Waals surface area contributed by atoms with Crippen molar-refractivity contribution < 1.29 is 23.6 Å². The first kappa shape index (κ1) is 26.3. The second-order valence-corrected chi connectivity index (χ2v) is 10.9. The number of para-hydroxylation sites is 1. The summed E-state index contributed by atoms with van der Waals surface area (Å²) in [6.07, 6.45) is 0. The van der Waals surface area contributed by atoms with Crippen molar-refractivity contribution in [1.29, 1.82) is 0 Å². The first-order valence-electron chi connectivity index (χ1n) is 11.2. The van der Waals surface area contributed by atoms with Gasteiger partial charge in [-0.1, -0.05) is 52.9 Å². The average Bonchev–Trinajstić information content (AvgIpc) is 2.82. The number of hydrogen-bond donors (Lipinski definition) is 0. The maximum absolute atomic E-state index is 13.3. The molecule has 0 bridgehead atoms. The molecular weight excluding hydrogens is 462 g/mol. The van der Waals surface area contributed by atoms with E-state index in [9.17, 15) is 9.35 Å². The molecular formula is C28H31NO5S. The highest BCUT2D eigenvalue weighted by Crippen LogP contribution is 2.36. The lowest BCUT2D eigenvalue weighted by Crippen LogP contribution is -2.26. The Labute approximate surface area is 210 Å². The Hall–Kier alpha value is -3.29. The fraction of sp³-hybridized carbons (Fsp3) is 0.286. The minimum atomic E-state index is -1.47. The molecule has 0 radical (unpaired) electrons. The summed E-state index contributed by atoms with van der Waals surface area (Å²) in [4.78, 5) is 13.3. The molecule has 35 heavy (non-hydrogen) atoms. The number of carbonyl (C=O) groups is 1. The van der Waals surface area contributed by atoms with Crippen molar-refractivity contribution in [3.8, 4) is 17.2 Å². The molecule has 0 saturated heterocycles. The largest absolute Gasteiger partial charge is 0.591 e. The van der Waals surface area contributed by atoms with Crippen LogP contribution in [0.4, 0.5) is 0 Å². The predicted octanol–water partition coefficient (Wildman–Crippen LogP) is 6.07. The average molecular weight is 494 g/mol. The van der Waals surface area contributed by atoms with Crippen molar-refractivity contribution in [3.05, 3.63) is 89.0 Å². The van der Waals surface area contributed by atoms with Crippen LogP contribution in [-0.2, 0) is 18.0 Å². The smallest absolute Gasteiger partial charge is 0.347 e. The van der Waals surface area contributed by atoms with Gasteiger partial charge in [0.2, 0.25) is 0 Å². The summed E-state index contributed by atoms with van der Waals surface area (Å²) in [5.41, 5.74) is 2.87. The Morgan fingerprint density at radius 1 is 1.03 bits per heavy atom. The Bertz CT molecular complexity index is 1190. The maximum Gasteiger partial charge on any atom is 0.347 e. The molecule has 0 saturated carbocycles. The van der Waals surface area contributed by atoms with E-state index in [-0.39, 0.29) is 12.2 Å². The van der Waals surface area contributed by atoms with Crippen LogP contribution in [0.5, 0.6) is 17.2 Å². The molecule has 3 aromatic carbocycles. The van der Waals surface area contributed by atoms with Crippen LogP contribution < -0.4 is 14.2 Å². The summed E-state index contributed by atoms with van der Waals surface area (Å²) in [6, 6.07) is 20.2. The van der Waals surface area contributed by atoms with Crippen molar-refractivity contribution in [2.24, 2.45) is 4.40 Å². The van der Waals surface area contributed by atoms with Crippen molar-refractivity contribution in [2.45, 2.75) is 46.0 Å². The summed E-state index contributed by atoms with van der Waals surface area (Å²) in [5, 5.41) is 0. The Kier molecular flexibility index (Phi) is 8.59. The molecule has 1 unspecified atom stereocenters. The number of ether oxygens (including phenoxy) is 3. The molecule has 0 aliphatic rings. The summed E-state index contributed by atoms with van der Waals surface area (Å²) in [6.45, 7) is 9.37. The van der Waals surface area contributed by atoms with Gasteiger partial charge in [-0.3, -0.25) is 0 Å². The van der Waals surface area contributed by atoms with Gasteiger partial charge in [-0.2, -0.15) is 0 Å². The summed E-state index contributed by atoms with van der Waals surface area (Å²) in [7, 11) is 1.52. The standard InChI is InChI=1S/C28H31NO5S/c1-19-25(27(30)34-22-15-11-8-12-16-22)24(33-18-21-13-9-7-10-14-21)17-23(26(19)32-6)20(2)29-35(31)28(3,4)5/h7-17H,18H2,1-6H3. The number of hydrogen-bond acceptors (Lipinski definition) is 6. The Morgan fingerprint density at radius 2 is 1.63 bits per heavy atom. The minimum absolute atomic E-state index is 0.252. The van der Waals surface area contributed by atoms with E-state index in [0.717, 1.165) is 5.56 Å². The van der Waals surface area contributed by atoms with E-state index in [2.05, 4.69) is 4.40 Å². The van der Waals surface area contributed by atoms with Gasteiger partial charge in [-0.15, -0.1) is 0 Å². The van der Waals surface area contributed by atoms with Crippen LogP contribution in [0.25, 0.3) is 0 Å². The second-order valence-electron chi connectivity index (χ2n) is 8.97. The molecule has 1 atom stereocenters. The Morgan fingerprint density at radius 3 is 2.20 bits per heavy atom. The van der Waals surface area contributed by atoms with E-state index in [0.29, 0.717) is 34.1 Å². The van der Waals surface area contributed by atoms with E-state index >= 15 is 0 Å². The SMILES string of the molecule is COc1c(C(C)=N[S+]([O-])C(C)(C)C)cc(OCc2ccccc2)c(C(=O)Oc2ccccc2)c1C. The van der Waals surface area contributed by atoms with Crippen LogP contribution in [-0.4, -0.2) is 28.1 Å². The molecule has 0 aliphatic heterocycles. The van der Waals surface area contributed by atoms with Crippen molar-refractivity contribution >= 4 is 23.0 Å². The highest BCUT2D eigenvalue weighted by atomic mass is 32.2. The quantitative estimate of drug-likeness (QED) is 0.165. The minimum Gasteiger partial charge on any atom is -0.591 e. The molecule has 0 aromatic heterocycles. The molecule has 0 spiro atoms. The molecule has 0 heterocycles. The zero-order valence-electron chi connectivity index (χ0n) is 21.0. The first-order chi connectivity index (χ1) is 16.6. The summed E-state index contributed by atoms with van der Waals surface area (Å²) >= 11 is -1.47. The second kappa shape index (κ2) is 11.4. The maximum atomic E-state index is 13.3. The molecule has 7 heteroatoms. The topological polar surface area (TPSA) is 80.2 Å². The molecule has 0 aliphatic carbocycles. The molecule has 184 valence electrons. The summed E-state index contributed by atoms with van der Waals surface area (Å²) in [5.74, 6) is 0.644. The number of rotatable bonds is 8. The fourth-order valence-electron chi connectivity index (χ4n) is 3.36. The fourth-order valence-corrected chi connectivity index (χ4v) is 3.98. The number of methoxy groups -OCH3 is 1. The van der Waals surface area contributed by atoms with Gasteiger partial charge in [0.1, 0.15) is 45.5 Å². The third kappa shape index (κ3) is 6.65. The van der Waals surface area contributed by atoms with Gasteiger partial charge in [0.15, 0.2) is 0 Å². The van der Waals surface area contributed by atoms with Gasteiger partial charge in [0.05, 0.1) is 12.8 Å². The lowest BCUT2D eigenvalue weighted by atomic mass is 9.99. The van der Waals surface area contributed by atoms with E-state index in [1.54, 1.807) is 44.2 Å². The zero-order chi connectivity index (χ0) is 25.6. The van der Waals surface area contributed by atoms with Crippen LogP contribution in [0.1, 0.15) is 54.7 Å². The highest BCUT2D eigenvalue weighted by molar-refractivity contribution is 7.91. The van der Waals surface area contributed by atoms with E-state index in [4.69, 9.17) is 14.2 Å². The van der Waals surface area contributed by atoms with Crippen LogP contribution in [0, 0.1) is 6.92 Å². The van der Waals surface area contributed by atoms with Gasteiger partial charge >= 0.3 is 5.97 Å². The lowest BCUT2D eigenvalue weighted by molar-refractivity contribution is 0.0728. The van der Waals surface area contributed by atoms with Gasteiger partial charge in [0, 0.05) is 11.1 Å². The zero-order valence-corrected chi connectivity index (χ0v) is 21.8. The third-order valence-corrected chi connectivity index (χ3v) is 6.70. The monoisotopic (exact) mass is 493 g/mol. The van der Waals surface area contributed by atoms with Crippen LogP contribution in [0.2, 0.25) is 0 Å². The van der Waals surface area contributed by atoms with Crippen molar-refractivity contribution in [1.82, 2.24) is 0 Å². The van der Waals surface area contributed by atoms with E-state index in [1.807, 2.05) is 57.2 Å². The predicted molar refractivity (Wildman–Crippen MR) is 140 cm³/mol. The number of carbonyl (C=O) groups excluding carboxylic acids is 1. The summed E-state index contributed by atoms with van der Waals surface area (Å²) < 4.78 is 34.0. The number of nitrogens with zero attached hydrogens (tertiary/aromatic N) is 1. The molecule has 3 aromatic rings. The van der Waals surface area contributed by atoms with Gasteiger partial charge in [0.25, 0.3) is 0 Å². The lowest BCUT2D eigenvalue weighted by Gasteiger charge is -2.21. The molecule has 0 amide bonds. The highest BCUT2D eigenvalue weighted by Gasteiger charge is 2.29. The van der Waals surface area contributed by atoms with Gasteiger partial charge in [-0.05, 0) is 58.4 Å². The van der Waals surface area contributed by atoms with Crippen molar-refractivity contribution in [2.75, 3.05) is 7.11 Å².